The highest BCUT2D eigenvalue weighted by Gasteiger charge is 1.91. The van der Waals surface area contributed by atoms with Crippen molar-refractivity contribution in [3.8, 4) is 5.75 Å². The van der Waals surface area contributed by atoms with E-state index in [9.17, 15) is 0 Å². The second-order valence-electron chi connectivity index (χ2n) is 2.74. The third-order valence-electron chi connectivity index (χ3n) is 1.73. The van der Waals surface area contributed by atoms with Gasteiger partial charge in [0.1, 0.15) is 5.75 Å². The van der Waals surface area contributed by atoms with Crippen LogP contribution in [-0.2, 0) is 9.59 Å². The van der Waals surface area contributed by atoms with Gasteiger partial charge in [0.05, 0.1) is 0 Å². The van der Waals surface area contributed by atoms with Crippen molar-refractivity contribution in [2.75, 3.05) is 0 Å². The highest BCUT2D eigenvalue weighted by molar-refractivity contribution is 5.83. The zero-order chi connectivity index (χ0) is 13.1. The van der Waals surface area contributed by atoms with Crippen LogP contribution in [0.25, 0.3) is 10.8 Å². The van der Waals surface area contributed by atoms with Gasteiger partial charge in [-0.2, -0.15) is 0 Å². The van der Waals surface area contributed by atoms with Gasteiger partial charge in [-0.3, -0.25) is 9.59 Å². The predicted molar refractivity (Wildman–Crippen MR) is 63.0 cm³/mol. The summed E-state index contributed by atoms with van der Waals surface area (Å²) >= 11 is 0. The number of fused-ring (bicyclic) bond motifs is 1. The summed E-state index contributed by atoms with van der Waals surface area (Å²) in [4.78, 5) is 16.7. The number of phenols is 1. The van der Waals surface area contributed by atoms with Crippen LogP contribution in [0.2, 0.25) is 0 Å². The van der Waals surface area contributed by atoms with Crippen LogP contribution in [0.5, 0.6) is 5.75 Å². The van der Waals surface area contributed by atoms with Crippen molar-refractivity contribution >= 4 is 23.7 Å². The van der Waals surface area contributed by atoms with Crippen molar-refractivity contribution < 1.29 is 24.9 Å². The average molecular weight is 236 g/mol. The highest BCUT2D eigenvalue weighted by Crippen LogP contribution is 2.18. The number of carboxylic acid groups (broad SMARTS) is 2. The van der Waals surface area contributed by atoms with Crippen molar-refractivity contribution in [1.82, 2.24) is 0 Å². The minimum absolute atomic E-state index is 0.250. The fraction of sp³-hybridized carbons (Fsp3) is 0. The zero-order valence-corrected chi connectivity index (χ0v) is 8.85. The van der Waals surface area contributed by atoms with E-state index < -0.39 is 0 Å². The molecule has 0 amide bonds. The molecule has 0 fully saturated rings. The molecule has 0 aliphatic carbocycles. The van der Waals surface area contributed by atoms with Crippen LogP contribution in [0.3, 0.4) is 0 Å². The molecule has 17 heavy (non-hydrogen) atoms. The molecule has 0 radical (unpaired) electrons. The SMILES string of the molecule is O=CO.O=CO.Oc1ccc2ccccc2c1. The van der Waals surface area contributed by atoms with Crippen molar-refractivity contribution in [3.05, 3.63) is 42.5 Å². The molecule has 2 aromatic carbocycles. The van der Waals surface area contributed by atoms with Crippen molar-refractivity contribution in [2.24, 2.45) is 0 Å². The van der Waals surface area contributed by atoms with E-state index in [1.54, 1.807) is 12.1 Å². The van der Waals surface area contributed by atoms with E-state index in [1.165, 1.54) is 0 Å². The molecule has 0 bridgehead atoms. The molecule has 90 valence electrons. The van der Waals surface area contributed by atoms with E-state index in [-0.39, 0.29) is 12.9 Å². The fourth-order valence-corrected chi connectivity index (χ4v) is 1.18. The lowest BCUT2D eigenvalue weighted by molar-refractivity contribution is -0.123. The Morgan fingerprint density at radius 3 is 1.82 bits per heavy atom. The summed E-state index contributed by atoms with van der Waals surface area (Å²) < 4.78 is 0. The maximum atomic E-state index is 9.13. The molecule has 0 saturated heterocycles. The van der Waals surface area contributed by atoms with E-state index in [4.69, 9.17) is 24.9 Å². The standard InChI is InChI=1S/C10H8O.2CH2O2/c11-10-6-5-8-3-1-2-4-9(8)7-10;2*2-1-3/h1-7,11H;2*1H,(H,2,3). The second kappa shape index (κ2) is 8.72. The molecule has 0 aliphatic heterocycles. The number of benzene rings is 2. The van der Waals surface area contributed by atoms with Crippen LogP contribution in [0.4, 0.5) is 0 Å². The Labute approximate surface area is 97.6 Å². The Kier molecular flexibility index (Phi) is 7.41. The summed E-state index contributed by atoms with van der Waals surface area (Å²) in [6, 6.07) is 13.3. The van der Waals surface area contributed by atoms with Crippen LogP contribution >= 0.6 is 0 Å². The van der Waals surface area contributed by atoms with Crippen LogP contribution in [0.1, 0.15) is 0 Å². The molecule has 2 rings (SSSR count). The Bertz CT molecular complexity index is 461. The molecule has 0 saturated carbocycles. The summed E-state index contributed by atoms with van der Waals surface area (Å²) in [6.45, 7) is -0.500. The fourth-order valence-electron chi connectivity index (χ4n) is 1.18. The van der Waals surface area contributed by atoms with Gasteiger partial charge in [-0.15, -0.1) is 0 Å². The van der Waals surface area contributed by atoms with E-state index in [1.807, 2.05) is 30.3 Å². The van der Waals surface area contributed by atoms with Crippen molar-refractivity contribution in [1.29, 1.82) is 0 Å². The molecule has 0 aromatic heterocycles. The summed E-state index contributed by atoms with van der Waals surface area (Å²) in [5.74, 6) is 0.323. The number of hydrogen-bond donors (Lipinski definition) is 3. The minimum atomic E-state index is -0.250. The van der Waals surface area contributed by atoms with E-state index in [0.717, 1.165) is 10.8 Å². The Balaban J connectivity index is 0.000000366. The first-order chi connectivity index (χ1) is 8.19. The van der Waals surface area contributed by atoms with E-state index in [0.29, 0.717) is 5.75 Å². The molecule has 3 N–H and O–H groups in total. The van der Waals surface area contributed by atoms with Crippen molar-refractivity contribution in [3.63, 3.8) is 0 Å². The summed E-state index contributed by atoms with van der Waals surface area (Å²) in [5, 5.41) is 25.1. The first kappa shape index (κ1) is 14.4. The number of hydrogen-bond acceptors (Lipinski definition) is 3. The number of aromatic hydroxyl groups is 1. The maximum Gasteiger partial charge on any atom is 0.290 e. The molecule has 0 atom stereocenters. The lowest BCUT2D eigenvalue weighted by Gasteiger charge is -1.96. The van der Waals surface area contributed by atoms with E-state index in [2.05, 4.69) is 0 Å². The Hall–Kier alpha value is -2.56. The lowest BCUT2D eigenvalue weighted by atomic mass is 10.1. The molecule has 5 heteroatoms. The van der Waals surface area contributed by atoms with Gasteiger partial charge >= 0.3 is 0 Å². The first-order valence-corrected chi connectivity index (χ1v) is 4.53. The van der Waals surface area contributed by atoms with Crippen LogP contribution in [0.15, 0.2) is 42.5 Å². The predicted octanol–water partition coefficient (Wildman–Crippen LogP) is 1.95. The monoisotopic (exact) mass is 236 g/mol. The Morgan fingerprint density at radius 1 is 0.824 bits per heavy atom. The average Bonchev–Trinajstić information content (AvgIpc) is 2.31. The molecule has 0 unspecified atom stereocenters. The maximum absolute atomic E-state index is 9.13. The van der Waals surface area contributed by atoms with Crippen LogP contribution in [0, 0.1) is 0 Å². The quantitative estimate of drug-likeness (QED) is 0.607. The minimum Gasteiger partial charge on any atom is -0.508 e. The molecule has 0 aliphatic rings. The third kappa shape index (κ3) is 5.78. The summed E-state index contributed by atoms with van der Waals surface area (Å²) in [6.07, 6.45) is 0. The summed E-state index contributed by atoms with van der Waals surface area (Å²) in [7, 11) is 0. The van der Waals surface area contributed by atoms with Crippen LogP contribution < -0.4 is 0 Å². The first-order valence-electron chi connectivity index (χ1n) is 4.53. The van der Waals surface area contributed by atoms with Crippen LogP contribution in [-0.4, -0.2) is 28.3 Å². The topological polar surface area (TPSA) is 94.8 Å². The van der Waals surface area contributed by atoms with Crippen molar-refractivity contribution in [2.45, 2.75) is 0 Å². The van der Waals surface area contributed by atoms with E-state index >= 15 is 0 Å². The van der Waals surface area contributed by atoms with Gasteiger partial charge < -0.3 is 15.3 Å². The van der Waals surface area contributed by atoms with Gasteiger partial charge in [0.25, 0.3) is 12.9 Å². The van der Waals surface area contributed by atoms with Gasteiger partial charge in [0.15, 0.2) is 0 Å². The smallest absolute Gasteiger partial charge is 0.290 e. The molecule has 0 spiro atoms. The van der Waals surface area contributed by atoms with Gasteiger partial charge in [0.2, 0.25) is 0 Å². The zero-order valence-electron chi connectivity index (χ0n) is 8.85. The third-order valence-corrected chi connectivity index (χ3v) is 1.73. The molecular weight excluding hydrogens is 224 g/mol. The van der Waals surface area contributed by atoms with Gasteiger partial charge in [0, 0.05) is 0 Å². The molecule has 2 aromatic rings. The number of rotatable bonds is 0. The molecular formula is C12H12O5. The largest absolute Gasteiger partial charge is 0.508 e. The number of carbonyl (C=O) groups is 2. The van der Waals surface area contributed by atoms with Gasteiger partial charge in [-0.05, 0) is 22.9 Å². The van der Waals surface area contributed by atoms with Gasteiger partial charge in [-0.1, -0.05) is 30.3 Å². The normalized spacial score (nSPS) is 8.00. The molecule has 5 nitrogen and oxygen atoms in total. The Morgan fingerprint density at radius 2 is 1.29 bits per heavy atom. The lowest BCUT2D eigenvalue weighted by Crippen LogP contribution is -1.69. The molecule has 0 heterocycles. The number of phenolic OH excluding ortho intramolecular Hbond substituents is 1. The summed E-state index contributed by atoms with van der Waals surface area (Å²) in [5.41, 5.74) is 0. The highest BCUT2D eigenvalue weighted by atomic mass is 16.3. The van der Waals surface area contributed by atoms with Gasteiger partial charge in [-0.25, -0.2) is 0 Å². The second-order valence-corrected chi connectivity index (χ2v) is 2.74.